The minimum absolute atomic E-state index is 0.0348. The number of benzene rings is 2. The number of piperidine rings is 1. The molecule has 2 fully saturated rings. The van der Waals surface area contributed by atoms with Gasteiger partial charge in [-0.1, -0.05) is 23.7 Å². The van der Waals surface area contributed by atoms with Gasteiger partial charge in [0.1, 0.15) is 5.78 Å². The van der Waals surface area contributed by atoms with Crippen molar-refractivity contribution in [2.45, 2.75) is 44.6 Å². The quantitative estimate of drug-likeness (QED) is 0.729. The Kier molecular flexibility index (Phi) is 6.35. The topological polar surface area (TPSA) is 60.9 Å². The van der Waals surface area contributed by atoms with E-state index in [1.807, 2.05) is 48.2 Å². The van der Waals surface area contributed by atoms with E-state index in [0.717, 1.165) is 42.7 Å². The largest absolute Gasteiger partial charge is 0.388 e. The molecule has 5 nitrogen and oxygen atoms in total. The SMILES string of the molecule is CC1(O)CCN(c2ccc(N3CCC[C@@H](CC(=O)Cc4ccc(Cl)cc4)C3=O)cc2)C1. The van der Waals surface area contributed by atoms with Crippen LogP contribution in [0.25, 0.3) is 0 Å². The van der Waals surface area contributed by atoms with Crippen LogP contribution in [-0.4, -0.2) is 42.0 Å². The summed E-state index contributed by atoms with van der Waals surface area (Å²) in [4.78, 5) is 29.6. The third-order valence-electron chi connectivity index (χ3n) is 6.32. The smallest absolute Gasteiger partial charge is 0.230 e. The Balaban J connectivity index is 1.38. The Morgan fingerprint density at radius 1 is 1.10 bits per heavy atom. The average molecular weight is 441 g/mol. The molecular formula is C25H29ClN2O3. The van der Waals surface area contributed by atoms with Gasteiger partial charge < -0.3 is 14.9 Å². The average Bonchev–Trinajstić information content (AvgIpc) is 3.11. The zero-order valence-corrected chi connectivity index (χ0v) is 18.6. The summed E-state index contributed by atoms with van der Waals surface area (Å²) < 4.78 is 0. The molecule has 1 amide bonds. The number of Topliss-reactive ketones (excluding diaryl/α,β-unsaturated/α-hetero) is 1. The lowest BCUT2D eigenvalue weighted by atomic mass is 9.90. The second-order valence-corrected chi connectivity index (χ2v) is 9.50. The van der Waals surface area contributed by atoms with E-state index in [4.69, 9.17) is 11.6 Å². The monoisotopic (exact) mass is 440 g/mol. The summed E-state index contributed by atoms with van der Waals surface area (Å²) in [6.45, 7) is 3.99. The Labute approximate surface area is 188 Å². The van der Waals surface area contributed by atoms with Gasteiger partial charge in [0, 0.05) is 54.8 Å². The number of amides is 1. The summed E-state index contributed by atoms with van der Waals surface area (Å²) in [6.07, 6.45) is 3.00. The highest BCUT2D eigenvalue weighted by Crippen LogP contribution is 2.31. The summed E-state index contributed by atoms with van der Waals surface area (Å²) in [5.74, 6) is -0.145. The molecule has 2 aliphatic heterocycles. The molecule has 31 heavy (non-hydrogen) atoms. The number of aliphatic hydroxyl groups is 1. The number of nitrogens with zero attached hydrogens (tertiary/aromatic N) is 2. The molecule has 4 rings (SSSR count). The molecule has 2 saturated heterocycles. The van der Waals surface area contributed by atoms with Gasteiger partial charge in [0.05, 0.1) is 5.60 Å². The maximum absolute atomic E-state index is 13.1. The van der Waals surface area contributed by atoms with E-state index < -0.39 is 5.60 Å². The van der Waals surface area contributed by atoms with Crippen molar-refractivity contribution in [3.8, 4) is 0 Å². The molecule has 2 heterocycles. The highest BCUT2D eigenvalue weighted by Gasteiger charge is 2.33. The van der Waals surface area contributed by atoms with Crippen molar-refractivity contribution in [1.29, 1.82) is 0 Å². The van der Waals surface area contributed by atoms with Crippen molar-refractivity contribution in [1.82, 2.24) is 0 Å². The molecule has 1 N–H and O–H groups in total. The number of carbonyl (C=O) groups excluding carboxylic acids is 2. The van der Waals surface area contributed by atoms with Gasteiger partial charge >= 0.3 is 0 Å². The summed E-state index contributed by atoms with van der Waals surface area (Å²) in [5, 5.41) is 10.8. The summed E-state index contributed by atoms with van der Waals surface area (Å²) >= 11 is 5.91. The van der Waals surface area contributed by atoms with Crippen molar-refractivity contribution < 1.29 is 14.7 Å². The highest BCUT2D eigenvalue weighted by atomic mass is 35.5. The second-order valence-electron chi connectivity index (χ2n) is 9.06. The molecular weight excluding hydrogens is 412 g/mol. The van der Waals surface area contributed by atoms with Crippen LogP contribution in [0.1, 0.15) is 38.2 Å². The first-order valence-electron chi connectivity index (χ1n) is 11.0. The van der Waals surface area contributed by atoms with E-state index in [2.05, 4.69) is 4.90 Å². The number of hydrogen-bond donors (Lipinski definition) is 1. The minimum atomic E-state index is -0.646. The van der Waals surface area contributed by atoms with Gasteiger partial charge in [0.25, 0.3) is 0 Å². The second kappa shape index (κ2) is 9.01. The van der Waals surface area contributed by atoms with Gasteiger partial charge in [0.2, 0.25) is 5.91 Å². The van der Waals surface area contributed by atoms with Crippen molar-refractivity contribution in [3.63, 3.8) is 0 Å². The first-order valence-corrected chi connectivity index (χ1v) is 11.3. The molecule has 0 spiro atoms. The Hall–Kier alpha value is -2.37. The lowest BCUT2D eigenvalue weighted by molar-refractivity contribution is -0.128. The molecule has 2 atom stereocenters. The van der Waals surface area contributed by atoms with E-state index in [0.29, 0.717) is 24.5 Å². The lowest BCUT2D eigenvalue weighted by Gasteiger charge is -2.32. The fraction of sp³-hybridized carbons (Fsp3) is 0.440. The van der Waals surface area contributed by atoms with Crippen molar-refractivity contribution in [3.05, 3.63) is 59.1 Å². The Morgan fingerprint density at radius 3 is 2.42 bits per heavy atom. The number of hydrogen-bond acceptors (Lipinski definition) is 4. The van der Waals surface area contributed by atoms with Crippen LogP contribution in [0.3, 0.4) is 0 Å². The summed E-state index contributed by atoms with van der Waals surface area (Å²) in [7, 11) is 0. The maximum atomic E-state index is 13.1. The fourth-order valence-corrected chi connectivity index (χ4v) is 4.71. The minimum Gasteiger partial charge on any atom is -0.388 e. The third-order valence-corrected chi connectivity index (χ3v) is 6.57. The molecule has 0 bridgehead atoms. The van der Waals surface area contributed by atoms with Crippen LogP contribution in [0, 0.1) is 5.92 Å². The van der Waals surface area contributed by atoms with Crippen LogP contribution in [0.2, 0.25) is 5.02 Å². The van der Waals surface area contributed by atoms with Crippen molar-refractivity contribution >= 4 is 34.7 Å². The van der Waals surface area contributed by atoms with Crippen molar-refractivity contribution in [2.75, 3.05) is 29.4 Å². The van der Waals surface area contributed by atoms with Crippen LogP contribution >= 0.6 is 11.6 Å². The van der Waals surface area contributed by atoms with Crippen LogP contribution in [-0.2, 0) is 16.0 Å². The maximum Gasteiger partial charge on any atom is 0.230 e. The molecule has 2 aromatic rings. The number of anilines is 2. The summed E-state index contributed by atoms with van der Waals surface area (Å²) in [6, 6.07) is 15.2. The normalized spacial score (nSPS) is 24.0. The predicted octanol–water partition coefficient (Wildman–Crippen LogP) is 4.25. The zero-order chi connectivity index (χ0) is 22.0. The van der Waals surface area contributed by atoms with Gasteiger partial charge in [-0.25, -0.2) is 0 Å². The molecule has 0 aliphatic carbocycles. The van der Waals surface area contributed by atoms with E-state index in [1.165, 1.54) is 0 Å². The first kappa shape index (κ1) is 21.8. The van der Waals surface area contributed by atoms with E-state index in [1.54, 1.807) is 12.1 Å². The van der Waals surface area contributed by atoms with Crippen LogP contribution in [0.15, 0.2) is 48.5 Å². The number of rotatable bonds is 6. The Morgan fingerprint density at radius 2 is 1.77 bits per heavy atom. The first-order chi connectivity index (χ1) is 14.8. The van der Waals surface area contributed by atoms with Crippen LogP contribution < -0.4 is 9.80 Å². The van der Waals surface area contributed by atoms with Crippen molar-refractivity contribution in [2.24, 2.45) is 5.92 Å². The zero-order valence-electron chi connectivity index (χ0n) is 17.9. The van der Waals surface area contributed by atoms with Gasteiger partial charge in [0.15, 0.2) is 0 Å². The van der Waals surface area contributed by atoms with Gasteiger partial charge in [-0.3, -0.25) is 9.59 Å². The number of carbonyl (C=O) groups is 2. The third kappa shape index (κ3) is 5.28. The number of ketones is 1. The van der Waals surface area contributed by atoms with E-state index in [9.17, 15) is 14.7 Å². The Bertz CT molecular complexity index is 940. The molecule has 164 valence electrons. The number of halogens is 1. The molecule has 0 radical (unpaired) electrons. The molecule has 1 unspecified atom stereocenters. The molecule has 0 aromatic heterocycles. The molecule has 2 aromatic carbocycles. The van der Waals surface area contributed by atoms with E-state index >= 15 is 0 Å². The van der Waals surface area contributed by atoms with E-state index in [-0.39, 0.29) is 24.0 Å². The lowest BCUT2D eigenvalue weighted by Crippen LogP contribution is -2.42. The molecule has 6 heteroatoms. The van der Waals surface area contributed by atoms with Crippen LogP contribution in [0.5, 0.6) is 0 Å². The fourth-order valence-electron chi connectivity index (χ4n) is 4.58. The molecule has 0 saturated carbocycles. The standard InChI is InChI=1S/C25H29ClN2O3/c1-25(31)12-14-27(17-25)21-8-10-22(11-9-21)28-13-2-3-19(24(28)30)16-23(29)15-18-4-6-20(26)7-5-18/h4-11,19,31H,2-3,12-17H2,1H3/t19-,25?/m0/s1. The van der Waals surface area contributed by atoms with Gasteiger partial charge in [-0.15, -0.1) is 0 Å². The summed E-state index contributed by atoms with van der Waals surface area (Å²) in [5.41, 5.74) is 2.20. The van der Waals surface area contributed by atoms with Crippen LogP contribution in [0.4, 0.5) is 11.4 Å². The number of β-amino-alcohol motifs (C(OH)–C–C–N with tert-alkyl or cyclic N) is 1. The molecule has 2 aliphatic rings. The predicted molar refractivity (Wildman–Crippen MR) is 124 cm³/mol. The highest BCUT2D eigenvalue weighted by molar-refractivity contribution is 6.30. The van der Waals surface area contributed by atoms with Gasteiger partial charge in [-0.2, -0.15) is 0 Å². The van der Waals surface area contributed by atoms with Gasteiger partial charge in [-0.05, 0) is 68.1 Å².